The van der Waals surface area contributed by atoms with Gasteiger partial charge in [-0.2, -0.15) is 9.57 Å². The van der Waals surface area contributed by atoms with E-state index >= 15 is 0 Å². The van der Waals surface area contributed by atoms with Crippen molar-refractivity contribution >= 4 is 15.9 Å². The molecule has 0 bridgehead atoms. The molecule has 0 unspecified atom stereocenters. The average molecular weight is 378 g/mol. The second-order valence-electron chi connectivity index (χ2n) is 7.47. The predicted molar refractivity (Wildman–Crippen MR) is 98.9 cm³/mol. The molecule has 0 aromatic heterocycles. The Bertz CT molecular complexity index is 793. The van der Waals surface area contributed by atoms with E-state index in [9.17, 15) is 13.2 Å². The van der Waals surface area contributed by atoms with Crippen molar-refractivity contribution in [2.45, 2.75) is 37.6 Å². The number of carbonyl (C=O) groups is 1. The monoisotopic (exact) mass is 378 g/mol. The van der Waals surface area contributed by atoms with Gasteiger partial charge in [-0.1, -0.05) is 6.07 Å². The lowest BCUT2D eigenvalue weighted by molar-refractivity contribution is -0.123. The highest BCUT2D eigenvalue weighted by atomic mass is 32.2. The maximum absolute atomic E-state index is 12.8. The van der Waals surface area contributed by atoms with Gasteiger partial charge >= 0.3 is 0 Å². The number of nitriles is 1. The van der Waals surface area contributed by atoms with Crippen molar-refractivity contribution in [3.05, 3.63) is 29.8 Å². The molecule has 1 heterocycles. The number of carbonyl (C=O) groups excluding carboxylic acids is 1. The minimum absolute atomic E-state index is 0.0597. The van der Waals surface area contributed by atoms with Gasteiger partial charge in [0.05, 0.1) is 23.1 Å². The van der Waals surface area contributed by atoms with Gasteiger partial charge in [-0.25, -0.2) is 8.42 Å². The third-order valence-corrected chi connectivity index (χ3v) is 5.92. The van der Waals surface area contributed by atoms with E-state index in [1.54, 1.807) is 12.1 Å². The van der Waals surface area contributed by atoms with Crippen molar-refractivity contribution in [3.8, 4) is 6.07 Å². The summed E-state index contributed by atoms with van der Waals surface area (Å²) in [6, 6.07) is 8.03. The Morgan fingerprint density at radius 3 is 2.62 bits per heavy atom. The molecule has 142 valence electrons. The molecule has 1 N–H and O–H groups in total. The number of hydrogen-bond acceptors (Lipinski definition) is 5. The van der Waals surface area contributed by atoms with Gasteiger partial charge in [0.15, 0.2) is 0 Å². The highest BCUT2D eigenvalue weighted by molar-refractivity contribution is 7.89. The third kappa shape index (κ3) is 5.53. The third-order valence-electron chi connectivity index (χ3n) is 4.03. The van der Waals surface area contributed by atoms with Crippen LogP contribution in [0.15, 0.2) is 29.2 Å². The van der Waals surface area contributed by atoms with Crippen molar-refractivity contribution in [3.63, 3.8) is 0 Å². The van der Waals surface area contributed by atoms with Crippen molar-refractivity contribution in [1.82, 2.24) is 14.5 Å². The van der Waals surface area contributed by atoms with E-state index in [2.05, 4.69) is 5.32 Å². The molecular formula is C18H26N4O3S. The topological polar surface area (TPSA) is 93.5 Å². The molecule has 8 heteroatoms. The van der Waals surface area contributed by atoms with Gasteiger partial charge in [-0.15, -0.1) is 0 Å². The molecule has 0 spiro atoms. The van der Waals surface area contributed by atoms with Crippen LogP contribution >= 0.6 is 0 Å². The number of nitrogens with one attached hydrogen (secondary N) is 1. The van der Waals surface area contributed by atoms with E-state index in [-0.39, 0.29) is 22.9 Å². The zero-order valence-corrected chi connectivity index (χ0v) is 16.3. The summed E-state index contributed by atoms with van der Waals surface area (Å²) in [4.78, 5) is 14.2. The summed E-state index contributed by atoms with van der Waals surface area (Å²) in [5.74, 6) is -0.0597. The Kier molecular flexibility index (Phi) is 6.39. The standard InChI is InChI=1S/C18H26N4O3S/c1-18(2,3)20-17(23)14-21-8-5-9-22(11-10-21)26(24,25)16-7-4-6-15(12-16)13-19/h4,6-7,12H,5,8-11,14H2,1-3H3,(H,20,23). The number of sulfonamides is 1. The zero-order valence-electron chi connectivity index (χ0n) is 15.5. The van der Waals surface area contributed by atoms with Crippen molar-refractivity contribution in [2.75, 3.05) is 32.7 Å². The van der Waals surface area contributed by atoms with Crippen LogP contribution in [0.3, 0.4) is 0 Å². The first kappa shape index (κ1) is 20.4. The fourth-order valence-electron chi connectivity index (χ4n) is 2.88. The van der Waals surface area contributed by atoms with Gasteiger partial charge in [0.25, 0.3) is 0 Å². The molecule has 1 aromatic rings. The SMILES string of the molecule is CC(C)(C)NC(=O)CN1CCCN(S(=O)(=O)c2cccc(C#N)c2)CC1. The largest absolute Gasteiger partial charge is 0.350 e. The highest BCUT2D eigenvalue weighted by Crippen LogP contribution is 2.18. The quantitative estimate of drug-likeness (QED) is 0.849. The van der Waals surface area contributed by atoms with Crippen molar-refractivity contribution < 1.29 is 13.2 Å². The molecule has 1 amide bonds. The fourth-order valence-corrected chi connectivity index (χ4v) is 4.40. The van der Waals surface area contributed by atoms with E-state index in [1.807, 2.05) is 31.7 Å². The Labute approximate surface area is 155 Å². The molecule has 0 saturated carbocycles. The van der Waals surface area contributed by atoms with E-state index in [0.717, 1.165) is 0 Å². The maximum Gasteiger partial charge on any atom is 0.243 e. The number of hydrogen-bond donors (Lipinski definition) is 1. The van der Waals surface area contributed by atoms with Crippen LogP contribution in [-0.4, -0.2) is 61.8 Å². The van der Waals surface area contributed by atoms with Crippen molar-refractivity contribution in [2.24, 2.45) is 0 Å². The first-order chi connectivity index (χ1) is 12.1. The molecule has 1 aromatic carbocycles. The van der Waals surface area contributed by atoms with Gasteiger partial charge in [-0.05, 0) is 51.9 Å². The molecule has 26 heavy (non-hydrogen) atoms. The van der Waals surface area contributed by atoms with Gasteiger partial charge in [0.2, 0.25) is 15.9 Å². The lowest BCUT2D eigenvalue weighted by Crippen LogP contribution is -2.46. The summed E-state index contributed by atoms with van der Waals surface area (Å²) < 4.78 is 27.1. The Balaban J connectivity index is 2.03. The number of benzene rings is 1. The van der Waals surface area contributed by atoms with Crippen LogP contribution in [0.5, 0.6) is 0 Å². The lowest BCUT2D eigenvalue weighted by atomic mass is 10.1. The molecule has 2 rings (SSSR count). The lowest BCUT2D eigenvalue weighted by Gasteiger charge is -2.25. The Hall–Kier alpha value is -1.95. The van der Waals surface area contributed by atoms with E-state index in [1.165, 1.54) is 16.4 Å². The number of amides is 1. The van der Waals surface area contributed by atoms with Gasteiger partial charge in [0.1, 0.15) is 0 Å². The molecule has 1 fully saturated rings. The molecule has 1 aliphatic heterocycles. The van der Waals surface area contributed by atoms with Crippen molar-refractivity contribution in [1.29, 1.82) is 5.26 Å². The molecule has 0 aliphatic carbocycles. The van der Waals surface area contributed by atoms with Crippen LogP contribution in [-0.2, 0) is 14.8 Å². The molecule has 1 saturated heterocycles. The van der Waals surface area contributed by atoms with Crippen LogP contribution in [0, 0.1) is 11.3 Å². The number of nitrogens with zero attached hydrogens (tertiary/aromatic N) is 3. The van der Waals surface area contributed by atoms with Gasteiger partial charge < -0.3 is 5.32 Å². The highest BCUT2D eigenvalue weighted by Gasteiger charge is 2.28. The van der Waals surface area contributed by atoms with E-state index in [4.69, 9.17) is 5.26 Å². The summed E-state index contributed by atoms with van der Waals surface area (Å²) in [7, 11) is -3.64. The molecule has 7 nitrogen and oxygen atoms in total. The van der Waals surface area contributed by atoms with E-state index < -0.39 is 10.0 Å². The van der Waals surface area contributed by atoms with E-state index in [0.29, 0.717) is 38.2 Å². The first-order valence-electron chi connectivity index (χ1n) is 8.65. The molecule has 0 radical (unpaired) electrons. The smallest absolute Gasteiger partial charge is 0.243 e. The Morgan fingerprint density at radius 2 is 1.96 bits per heavy atom. The first-order valence-corrected chi connectivity index (χ1v) is 10.1. The van der Waals surface area contributed by atoms with Crippen LogP contribution in [0.4, 0.5) is 0 Å². The van der Waals surface area contributed by atoms with Crippen LogP contribution in [0.1, 0.15) is 32.8 Å². The van der Waals surface area contributed by atoms with Gasteiger partial charge in [-0.3, -0.25) is 9.69 Å². The van der Waals surface area contributed by atoms with Gasteiger partial charge in [0, 0.05) is 25.2 Å². The van der Waals surface area contributed by atoms with Crippen LogP contribution < -0.4 is 5.32 Å². The Morgan fingerprint density at radius 1 is 1.23 bits per heavy atom. The fraction of sp³-hybridized carbons (Fsp3) is 0.556. The predicted octanol–water partition coefficient (Wildman–Crippen LogP) is 1.17. The number of rotatable bonds is 4. The minimum Gasteiger partial charge on any atom is -0.350 e. The summed E-state index contributed by atoms with van der Waals surface area (Å²) >= 11 is 0. The van der Waals surface area contributed by atoms with Crippen LogP contribution in [0.25, 0.3) is 0 Å². The summed E-state index contributed by atoms with van der Waals surface area (Å²) in [5, 5.41) is 11.9. The average Bonchev–Trinajstić information content (AvgIpc) is 2.79. The normalized spacial score (nSPS) is 17.3. The molecule has 0 atom stereocenters. The minimum atomic E-state index is -3.64. The maximum atomic E-state index is 12.8. The molecular weight excluding hydrogens is 352 g/mol. The second kappa shape index (κ2) is 8.16. The van der Waals surface area contributed by atoms with Crippen LogP contribution in [0.2, 0.25) is 0 Å². The molecule has 1 aliphatic rings. The summed E-state index contributed by atoms with van der Waals surface area (Å²) in [6.07, 6.45) is 0.653. The zero-order chi connectivity index (χ0) is 19.4. The summed E-state index contributed by atoms with van der Waals surface area (Å²) in [5.41, 5.74) is 0.0331. The second-order valence-corrected chi connectivity index (χ2v) is 9.41. The summed E-state index contributed by atoms with van der Waals surface area (Å²) in [6.45, 7) is 7.93.